The van der Waals surface area contributed by atoms with E-state index >= 15 is 0 Å². The van der Waals surface area contributed by atoms with E-state index in [0.29, 0.717) is 30.6 Å². The van der Waals surface area contributed by atoms with E-state index in [0.717, 1.165) is 31.5 Å². The van der Waals surface area contributed by atoms with Gasteiger partial charge in [-0.3, -0.25) is 0 Å². The van der Waals surface area contributed by atoms with Crippen molar-refractivity contribution < 1.29 is 15.0 Å². The van der Waals surface area contributed by atoms with E-state index in [1.54, 1.807) is 24.3 Å². The fourth-order valence-corrected chi connectivity index (χ4v) is 3.97. The predicted molar refractivity (Wildman–Crippen MR) is 119 cm³/mol. The van der Waals surface area contributed by atoms with Crippen LogP contribution in [0.15, 0.2) is 48.5 Å². The number of aryl methyl sites for hydroxylation is 1. The number of halogens is 1. The van der Waals surface area contributed by atoms with Crippen molar-refractivity contribution in [3.8, 4) is 6.07 Å². The third kappa shape index (κ3) is 5.96. The Morgan fingerprint density at radius 1 is 1.17 bits per heavy atom. The second-order valence-electron chi connectivity index (χ2n) is 7.63. The highest BCUT2D eigenvalue weighted by Gasteiger charge is 2.37. The fraction of sp³-hybridized carbons (Fsp3) is 0.391. The zero-order valence-electron chi connectivity index (χ0n) is 16.8. The summed E-state index contributed by atoms with van der Waals surface area (Å²) in [6.45, 7) is 2.04. The lowest BCUT2D eigenvalue weighted by Crippen LogP contribution is -2.49. The van der Waals surface area contributed by atoms with Gasteiger partial charge in [0.1, 0.15) is 0 Å². The molecule has 6 nitrogen and oxygen atoms in total. The van der Waals surface area contributed by atoms with Crippen molar-refractivity contribution in [3.05, 3.63) is 65.2 Å². The maximum atomic E-state index is 11.5. The molecule has 4 N–H and O–H groups in total. The highest BCUT2D eigenvalue weighted by atomic mass is 35.5. The number of carboxylic acids is 1. The highest BCUT2D eigenvalue weighted by Crippen LogP contribution is 2.31. The fourth-order valence-electron chi connectivity index (χ4n) is 3.97. The van der Waals surface area contributed by atoms with Crippen LogP contribution in [0.4, 0.5) is 5.69 Å². The lowest BCUT2D eigenvalue weighted by Gasteiger charge is -2.40. The number of carboxylic acid groups (broad SMARTS) is 1. The molecule has 7 heteroatoms. The topological polar surface area (TPSA) is 105 Å². The number of rotatable bonds is 8. The first-order chi connectivity index (χ1) is 14.0. The second kappa shape index (κ2) is 11.0. The summed E-state index contributed by atoms with van der Waals surface area (Å²) < 4.78 is 0. The summed E-state index contributed by atoms with van der Waals surface area (Å²) >= 11 is 0. The Bertz CT molecular complexity index is 874. The first-order valence-corrected chi connectivity index (χ1v) is 10.0. The molecule has 2 aromatic carbocycles. The monoisotopic (exact) mass is 429 g/mol. The van der Waals surface area contributed by atoms with E-state index in [1.807, 2.05) is 24.3 Å². The van der Waals surface area contributed by atoms with E-state index in [2.05, 4.69) is 16.7 Å². The van der Waals surface area contributed by atoms with Gasteiger partial charge in [0.2, 0.25) is 0 Å². The van der Waals surface area contributed by atoms with E-state index < -0.39 is 11.6 Å². The number of benzene rings is 2. The van der Waals surface area contributed by atoms with E-state index in [4.69, 9.17) is 5.26 Å². The number of carbonyl (C=O) groups is 1. The van der Waals surface area contributed by atoms with Crippen LogP contribution in [0.3, 0.4) is 0 Å². The van der Waals surface area contributed by atoms with Crippen LogP contribution in [0.25, 0.3) is 0 Å². The van der Waals surface area contributed by atoms with Crippen molar-refractivity contribution in [2.45, 2.75) is 31.3 Å². The lowest BCUT2D eigenvalue weighted by atomic mass is 9.77. The molecule has 0 aromatic heterocycles. The van der Waals surface area contributed by atoms with Crippen LogP contribution in [0.2, 0.25) is 0 Å². The molecule has 2 aromatic rings. The molecule has 0 spiro atoms. The second-order valence-corrected chi connectivity index (χ2v) is 7.63. The molecule has 0 bridgehead atoms. The van der Waals surface area contributed by atoms with Crippen molar-refractivity contribution >= 4 is 24.1 Å². The number of nitrogens with zero attached hydrogens (tertiary/aromatic N) is 1. The van der Waals surface area contributed by atoms with Crippen molar-refractivity contribution in [1.29, 1.82) is 5.26 Å². The van der Waals surface area contributed by atoms with Gasteiger partial charge in [0, 0.05) is 18.2 Å². The molecule has 160 valence electrons. The highest BCUT2D eigenvalue weighted by molar-refractivity contribution is 5.94. The summed E-state index contributed by atoms with van der Waals surface area (Å²) in [5.41, 5.74) is 1.77. The minimum atomic E-state index is -0.970. The summed E-state index contributed by atoms with van der Waals surface area (Å²) in [5, 5.41) is 36.2. The number of aliphatic hydroxyl groups is 1. The molecule has 0 aliphatic carbocycles. The van der Waals surface area contributed by atoms with Crippen LogP contribution < -0.4 is 10.6 Å². The number of hydrogen-bond donors (Lipinski definition) is 4. The van der Waals surface area contributed by atoms with Gasteiger partial charge in [-0.15, -0.1) is 12.4 Å². The first-order valence-electron chi connectivity index (χ1n) is 10.0. The van der Waals surface area contributed by atoms with Crippen LogP contribution in [0.1, 0.15) is 40.7 Å². The largest absolute Gasteiger partial charge is 0.478 e. The summed E-state index contributed by atoms with van der Waals surface area (Å²) in [4.78, 5) is 11.5. The quantitative estimate of drug-likeness (QED) is 0.512. The zero-order valence-corrected chi connectivity index (χ0v) is 17.6. The van der Waals surface area contributed by atoms with Gasteiger partial charge in [-0.05, 0) is 68.6 Å². The maximum absolute atomic E-state index is 11.5. The maximum Gasteiger partial charge on any atom is 0.337 e. The van der Waals surface area contributed by atoms with Gasteiger partial charge in [0.05, 0.1) is 22.8 Å². The normalized spacial score (nSPS) is 16.0. The third-order valence-corrected chi connectivity index (χ3v) is 5.79. The van der Waals surface area contributed by atoms with Crippen LogP contribution in [0.5, 0.6) is 0 Å². The number of para-hydroxylation sites is 1. The molecule has 30 heavy (non-hydrogen) atoms. The lowest BCUT2D eigenvalue weighted by molar-refractivity contribution is -0.0418. The molecule has 1 fully saturated rings. The molecule has 1 unspecified atom stereocenters. The molecular weight excluding hydrogens is 402 g/mol. The van der Waals surface area contributed by atoms with Crippen molar-refractivity contribution in [2.24, 2.45) is 5.92 Å². The standard InChI is InChI=1S/C23H27N3O3.ClH/c24-15-18-7-5-17(6-8-18)9-10-19(23(29)11-13-25-14-12-23)16-26-21-4-2-1-3-20(21)22(27)28;/h1-8,19,25-26,29H,9-14,16H2,(H,27,28);1H. The Morgan fingerprint density at radius 2 is 1.83 bits per heavy atom. The molecule has 1 aliphatic heterocycles. The molecule has 0 amide bonds. The Hall–Kier alpha value is -2.59. The minimum Gasteiger partial charge on any atom is -0.478 e. The van der Waals surface area contributed by atoms with Gasteiger partial charge in [0.15, 0.2) is 0 Å². The van der Waals surface area contributed by atoms with E-state index in [1.165, 1.54) is 0 Å². The van der Waals surface area contributed by atoms with Crippen molar-refractivity contribution in [1.82, 2.24) is 5.32 Å². The molecule has 0 radical (unpaired) electrons. The van der Waals surface area contributed by atoms with Gasteiger partial charge >= 0.3 is 5.97 Å². The number of anilines is 1. The third-order valence-electron chi connectivity index (χ3n) is 5.79. The predicted octanol–water partition coefficient (Wildman–Crippen LogP) is 3.45. The zero-order chi connectivity index (χ0) is 20.7. The van der Waals surface area contributed by atoms with Crippen molar-refractivity contribution in [3.63, 3.8) is 0 Å². The summed E-state index contributed by atoms with van der Waals surface area (Å²) in [6, 6.07) is 16.5. The number of piperidine rings is 1. The molecule has 1 aliphatic rings. The average molecular weight is 430 g/mol. The van der Waals surface area contributed by atoms with Gasteiger partial charge in [-0.2, -0.15) is 5.26 Å². The Labute approximate surface area is 183 Å². The van der Waals surface area contributed by atoms with Gasteiger partial charge in [0.25, 0.3) is 0 Å². The Kier molecular flexibility index (Phi) is 8.67. The molecule has 1 atom stereocenters. The number of nitriles is 1. The van der Waals surface area contributed by atoms with Gasteiger partial charge in [-0.1, -0.05) is 24.3 Å². The van der Waals surface area contributed by atoms with Crippen LogP contribution in [-0.2, 0) is 6.42 Å². The van der Waals surface area contributed by atoms with Crippen LogP contribution in [0, 0.1) is 17.2 Å². The smallest absolute Gasteiger partial charge is 0.337 e. The van der Waals surface area contributed by atoms with E-state index in [-0.39, 0.29) is 23.9 Å². The summed E-state index contributed by atoms with van der Waals surface area (Å²) in [7, 11) is 0. The Balaban J connectivity index is 0.00000320. The number of nitrogens with one attached hydrogen (secondary N) is 2. The number of hydrogen-bond acceptors (Lipinski definition) is 5. The molecule has 1 heterocycles. The molecular formula is C23H28ClN3O3. The van der Waals surface area contributed by atoms with Gasteiger partial charge in [-0.25, -0.2) is 4.79 Å². The first kappa shape index (κ1) is 23.7. The average Bonchev–Trinajstić information content (AvgIpc) is 2.74. The van der Waals surface area contributed by atoms with Gasteiger partial charge < -0.3 is 20.8 Å². The number of aromatic carboxylic acids is 1. The van der Waals surface area contributed by atoms with Crippen LogP contribution in [-0.4, -0.2) is 41.4 Å². The Morgan fingerprint density at radius 3 is 2.47 bits per heavy atom. The SMILES string of the molecule is Cl.N#Cc1ccc(CCC(CNc2ccccc2C(=O)O)C2(O)CCNCC2)cc1. The van der Waals surface area contributed by atoms with E-state index in [9.17, 15) is 15.0 Å². The van der Waals surface area contributed by atoms with Crippen LogP contribution >= 0.6 is 12.4 Å². The molecule has 3 rings (SSSR count). The summed E-state index contributed by atoms with van der Waals surface area (Å²) in [5.74, 6) is -0.995. The van der Waals surface area contributed by atoms with Crippen molar-refractivity contribution in [2.75, 3.05) is 25.0 Å². The molecule has 0 saturated carbocycles. The minimum absolute atomic E-state index is 0. The molecule has 1 saturated heterocycles. The summed E-state index contributed by atoms with van der Waals surface area (Å²) in [6.07, 6.45) is 2.90.